The fourth-order valence-electron chi connectivity index (χ4n) is 2.12. The Bertz CT molecular complexity index is 641. The van der Waals surface area contributed by atoms with Crippen LogP contribution in [0.3, 0.4) is 0 Å². The highest BCUT2D eigenvalue weighted by Gasteiger charge is 2.19. The van der Waals surface area contributed by atoms with E-state index in [1.807, 2.05) is 17.4 Å². The van der Waals surface area contributed by atoms with Crippen molar-refractivity contribution in [3.05, 3.63) is 29.5 Å². The van der Waals surface area contributed by atoms with Gasteiger partial charge in [0.25, 0.3) is 0 Å². The standard InChI is InChI=1S/C12H12NOS.HI/c1-3-13-8(2)15-11-5-4-10-9(12(11)13)6-7-14-10;/h4-7H,3H2,1-2H3;1H/q+1;. The molecule has 2 heterocycles. The van der Waals surface area contributed by atoms with Crippen LogP contribution in [0.2, 0.25) is 0 Å². The zero-order valence-electron chi connectivity index (χ0n) is 9.19. The second-order valence-electron chi connectivity index (χ2n) is 3.61. The normalized spacial score (nSPS) is 10.9. The first-order valence-corrected chi connectivity index (χ1v) is 5.92. The number of thiazole rings is 1. The largest absolute Gasteiger partial charge is 0.464 e. The fourth-order valence-corrected chi connectivity index (χ4v) is 3.22. The molecule has 2 nitrogen and oxygen atoms in total. The zero-order valence-corrected chi connectivity index (χ0v) is 12.3. The molecule has 0 fully saturated rings. The van der Waals surface area contributed by atoms with Gasteiger partial charge >= 0.3 is 0 Å². The van der Waals surface area contributed by atoms with Gasteiger partial charge in [-0.25, -0.2) is 0 Å². The monoisotopic (exact) mass is 346 g/mol. The minimum atomic E-state index is 0. The summed E-state index contributed by atoms with van der Waals surface area (Å²) in [4.78, 5) is 0. The summed E-state index contributed by atoms with van der Waals surface area (Å²) in [7, 11) is 0. The fraction of sp³-hybridized carbons (Fsp3) is 0.250. The van der Waals surface area contributed by atoms with Gasteiger partial charge in [-0.1, -0.05) is 11.3 Å². The second-order valence-corrected chi connectivity index (χ2v) is 4.84. The van der Waals surface area contributed by atoms with Gasteiger partial charge < -0.3 is 4.42 Å². The van der Waals surface area contributed by atoms with Crippen LogP contribution in [0, 0.1) is 6.92 Å². The maximum Gasteiger partial charge on any atom is 0.235 e. The number of benzene rings is 1. The molecule has 3 rings (SSSR count). The van der Waals surface area contributed by atoms with Crippen molar-refractivity contribution in [2.75, 3.05) is 0 Å². The Kier molecular flexibility index (Phi) is 3.21. The Hall–Kier alpha value is -0.620. The molecule has 4 heteroatoms. The van der Waals surface area contributed by atoms with Crippen LogP contribution in [0.4, 0.5) is 0 Å². The Morgan fingerprint density at radius 2 is 2.12 bits per heavy atom. The molecule has 1 aromatic carbocycles. The number of aryl methyl sites for hydroxylation is 2. The summed E-state index contributed by atoms with van der Waals surface area (Å²) in [5.41, 5.74) is 2.29. The second kappa shape index (κ2) is 4.33. The predicted molar refractivity (Wildman–Crippen MR) is 77.6 cm³/mol. The Labute approximate surface area is 115 Å². The van der Waals surface area contributed by atoms with Gasteiger partial charge in [-0.2, -0.15) is 4.57 Å². The molecule has 0 N–H and O–H groups in total. The van der Waals surface area contributed by atoms with E-state index >= 15 is 0 Å². The summed E-state index contributed by atoms with van der Waals surface area (Å²) >= 11 is 1.84. The molecule has 0 saturated carbocycles. The molecule has 0 spiro atoms. The number of fused-ring (bicyclic) bond motifs is 3. The third-order valence-corrected chi connectivity index (χ3v) is 3.86. The summed E-state index contributed by atoms with van der Waals surface area (Å²) in [6.07, 6.45) is 1.76. The Balaban J connectivity index is 0.000000963. The molecule has 0 bridgehead atoms. The number of furan rings is 1. The highest BCUT2D eigenvalue weighted by Crippen LogP contribution is 2.28. The third kappa shape index (κ3) is 1.55. The lowest BCUT2D eigenvalue weighted by atomic mass is 10.2. The first kappa shape index (κ1) is 11.9. The molecule has 84 valence electrons. The number of aromatic nitrogens is 1. The minimum absolute atomic E-state index is 0. The van der Waals surface area contributed by atoms with E-state index in [4.69, 9.17) is 4.42 Å². The van der Waals surface area contributed by atoms with Gasteiger partial charge in [0.2, 0.25) is 10.5 Å². The van der Waals surface area contributed by atoms with E-state index in [0.29, 0.717) is 0 Å². The average Bonchev–Trinajstić information content (AvgIpc) is 2.78. The van der Waals surface area contributed by atoms with Crippen molar-refractivity contribution in [1.29, 1.82) is 0 Å². The van der Waals surface area contributed by atoms with Crippen molar-refractivity contribution in [1.82, 2.24) is 0 Å². The molecule has 0 saturated heterocycles. The van der Waals surface area contributed by atoms with Crippen molar-refractivity contribution < 1.29 is 8.98 Å². The van der Waals surface area contributed by atoms with Gasteiger partial charge in [0, 0.05) is 6.92 Å². The molecule has 16 heavy (non-hydrogen) atoms. The van der Waals surface area contributed by atoms with E-state index in [9.17, 15) is 0 Å². The summed E-state index contributed by atoms with van der Waals surface area (Å²) in [6, 6.07) is 6.24. The van der Waals surface area contributed by atoms with Crippen LogP contribution in [-0.2, 0) is 6.54 Å². The van der Waals surface area contributed by atoms with Gasteiger partial charge in [0.1, 0.15) is 16.8 Å². The van der Waals surface area contributed by atoms with Crippen molar-refractivity contribution in [3.8, 4) is 0 Å². The van der Waals surface area contributed by atoms with Crippen LogP contribution in [0.25, 0.3) is 21.2 Å². The van der Waals surface area contributed by atoms with Crippen LogP contribution >= 0.6 is 35.3 Å². The van der Waals surface area contributed by atoms with Gasteiger partial charge in [0.05, 0.1) is 11.6 Å². The van der Waals surface area contributed by atoms with Crippen LogP contribution in [0.1, 0.15) is 11.9 Å². The first-order valence-electron chi connectivity index (χ1n) is 5.10. The number of halogens is 1. The van der Waals surface area contributed by atoms with Crippen molar-refractivity contribution in [2.45, 2.75) is 20.4 Å². The number of hydrogen-bond acceptors (Lipinski definition) is 2. The third-order valence-electron chi connectivity index (χ3n) is 2.79. The van der Waals surface area contributed by atoms with Crippen LogP contribution in [-0.4, -0.2) is 0 Å². The summed E-state index contributed by atoms with van der Waals surface area (Å²) in [5.74, 6) is 0. The number of nitrogens with zero attached hydrogens (tertiary/aromatic N) is 1. The average molecular weight is 346 g/mol. The maximum absolute atomic E-state index is 5.43. The zero-order chi connectivity index (χ0) is 10.4. The van der Waals surface area contributed by atoms with Crippen LogP contribution in [0.5, 0.6) is 0 Å². The molecule has 0 unspecified atom stereocenters. The lowest BCUT2D eigenvalue weighted by Gasteiger charge is -1.91. The lowest BCUT2D eigenvalue weighted by molar-refractivity contribution is -0.668. The number of hydrogen-bond donors (Lipinski definition) is 0. The van der Waals surface area contributed by atoms with E-state index in [1.165, 1.54) is 20.6 Å². The van der Waals surface area contributed by atoms with E-state index < -0.39 is 0 Å². The van der Waals surface area contributed by atoms with E-state index in [0.717, 1.165) is 12.1 Å². The van der Waals surface area contributed by atoms with Gasteiger partial charge in [-0.3, -0.25) is 0 Å². The molecular formula is C12H13INOS+. The van der Waals surface area contributed by atoms with Crippen LogP contribution in [0.15, 0.2) is 28.9 Å². The highest BCUT2D eigenvalue weighted by atomic mass is 127. The molecule has 0 aliphatic carbocycles. The summed E-state index contributed by atoms with van der Waals surface area (Å²) in [5, 5.41) is 2.57. The first-order chi connectivity index (χ1) is 7.31. The Morgan fingerprint density at radius 3 is 2.88 bits per heavy atom. The van der Waals surface area contributed by atoms with Crippen LogP contribution < -0.4 is 4.57 Å². The van der Waals surface area contributed by atoms with Gasteiger partial charge in [-0.05, 0) is 25.1 Å². The Morgan fingerprint density at radius 1 is 1.31 bits per heavy atom. The minimum Gasteiger partial charge on any atom is -0.464 e. The quantitative estimate of drug-likeness (QED) is 0.483. The molecule has 0 amide bonds. The predicted octanol–water partition coefficient (Wildman–Crippen LogP) is 3.88. The molecule has 0 atom stereocenters. The number of rotatable bonds is 1. The molecule has 3 aromatic rings. The summed E-state index contributed by atoms with van der Waals surface area (Å²) < 4.78 is 9.11. The van der Waals surface area contributed by atoms with Gasteiger partial charge in [-0.15, -0.1) is 24.0 Å². The molecule has 0 aliphatic heterocycles. The highest BCUT2D eigenvalue weighted by molar-refractivity contribution is 14.0. The molecule has 2 aromatic heterocycles. The SMILES string of the molecule is CC[n+]1c(C)sc2ccc3occc3c21.I. The lowest BCUT2D eigenvalue weighted by Crippen LogP contribution is -2.33. The topological polar surface area (TPSA) is 17.0 Å². The smallest absolute Gasteiger partial charge is 0.235 e. The molecule has 0 aliphatic rings. The van der Waals surface area contributed by atoms with E-state index in [2.05, 4.69) is 30.5 Å². The van der Waals surface area contributed by atoms with Crippen molar-refractivity contribution in [2.24, 2.45) is 0 Å². The molecule has 0 radical (unpaired) electrons. The van der Waals surface area contributed by atoms with Crippen molar-refractivity contribution >= 4 is 56.5 Å². The maximum atomic E-state index is 5.43. The summed E-state index contributed by atoms with van der Waals surface area (Å²) in [6.45, 7) is 5.36. The van der Waals surface area contributed by atoms with Gasteiger partial charge in [0.15, 0.2) is 0 Å². The van der Waals surface area contributed by atoms with E-state index in [-0.39, 0.29) is 24.0 Å². The van der Waals surface area contributed by atoms with E-state index in [1.54, 1.807) is 6.26 Å². The molecular weight excluding hydrogens is 333 g/mol. The van der Waals surface area contributed by atoms with Crippen molar-refractivity contribution in [3.63, 3.8) is 0 Å².